The molecule has 0 aliphatic heterocycles. The van der Waals surface area contributed by atoms with E-state index in [0.29, 0.717) is 11.5 Å². The second-order valence-electron chi connectivity index (χ2n) is 3.78. The first-order valence-electron chi connectivity index (χ1n) is 5.20. The molecule has 0 unspecified atom stereocenters. The third-order valence-corrected chi connectivity index (χ3v) is 2.30. The molecule has 0 aliphatic rings. The minimum atomic E-state index is -0.565. The number of nitrogens with zero attached hydrogens (tertiary/aromatic N) is 2. The molecular weight excluding hydrogens is 235 g/mol. The van der Waals surface area contributed by atoms with Crippen LogP contribution in [0.1, 0.15) is 15.9 Å². The van der Waals surface area contributed by atoms with Gasteiger partial charge in [0.25, 0.3) is 5.91 Å². The van der Waals surface area contributed by atoms with Gasteiger partial charge < -0.3 is 11.1 Å². The molecule has 1 amide bonds. The Morgan fingerprint density at radius 1 is 1.33 bits per heavy atom. The lowest BCUT2D eigenvalue weighted by molar-refractivity contribution is 0.102. The Bertz CT molecular complexity index is 600. The molecule has 3 N–H and O–H groups in total. The van der Waals surface area contributed by atoms with E-state index in [0.717, 1.165) is 17.8 Å². The fraction of sp³-hybridized carbons (Fsp3) is 0.0833. The molecule has 92 valence electrons. The number of nitrogen functional groups attached to an aromatic ring is 1. The molecule has 0 spiro atoms. The molecule has 2 heterocycles. The predicted molar refractivity (Wildman–Crippen MR) is 65.5 cm³/mol. The summed E-state index contributed by atoms with van der Waals surface area (Å²) in [5.41, 5.74) is 6.93. The van der Waals surface area contributed by atoms with Gasteiger partial charge in [-0.05, 0) is 24.6 Å². The minimum absolute atomic E-state index is 0.132. The van der Waals surface area contributed by atoms with Crippen LogP contribution < -0.4 is 11.1 Å². The maximum absolute atomic E-state index is 12.9. The molecule has 0 fully saturated rings. The largest absolute Gasteiger partial charge is 0.397 e. The fourth-order valence-electron chi connectivity index (χ4n) is 1.44. The SMILES string of the molecule is Cc1cc(N)cnc1NC(=O)c1cncc(F)c1. The lowest BCUT2D eigenvalue weighted by Crippen LogP contribution is -2.14. The summed E-state index contributed by atoms with van der Waals surface area (Å²) in [4.78, 5) is 19.4. The van der Waals surface area contributed by atoms with E-state index in [9.17, 15) is 9.18 Å². The number of rotatable bonds is 2. The summed E-state index contributed by atoms with van der Waals surface area (Å²) in [7, 11) is 0. The van der Waals surface area contributed by atoms with Crippen LogP contribution in [0.2, 0.25) is 0 Å². The molecule has 18 heavy (non-hydrogen) atoms. The lowest BCUT2D eigenvalue weighted by Gasteiger charge is -2.07. The first kappa shape index (κ1) is 12.0. The quantitative estimate of drug-likeness (QED) is 0.846. The summed E-state index contributed by atoms with van der Waals surface area (Å²) in [6, 6.07) is 2.79. The van der Waals surface area contributed by atoms with Crippen molar-refractivity contribution in [3.05, 3.63) is 47.7 Å². The number of hydrogen-bond acceptors (Lipinski definition) is 4. The number of nitrogens with one attached hydrogen (secondary N) is 1. The molecule has 0 saturated carbocycles. The van der Waals surface area contributed by atoms with Crippen LogP contribution in [0, 0.1) is 12.7 Å². The number of pyridine rings is 2. The summed E-state index contributed by atoms with van der Waals surface area (Å²) in [6.07, 6.45) is 3.75. The van der Waals surface area contributed by atoms with Crippen LogP contribution in [-0.2, 0) is 0 Å². The standard InChI is InChI=1S/C12H11FN4O/c1-7-2-10(14)6-16-11(7)17-12(18)8-3-9(13)5-15-4-8/h2-6H,14H2,1H3,(H,16,17,18). The number of amides is 1. The van der Waals surface area contributed by atoms with Crippen molar-refractivity contribution in [2.24, 2.45) is 0 Å². The van der Waals surface area contributed by atoms with Crippen molar-refractivity contribution in [1.29, 1.82) is 0 Å². The summed E-state index contributed by atoms with van der Waals surface area (Å²) in [5.74, 6) is -0.648. The van der Waals surface area contributed by atoms with Gasteiger partial charge in [-0.1, -0.05) is 0 Å². The normalized spacial score (nSPS) is 10.1. The Labute approximate surface area is 103 Å². The Morgan fingerprint density at radius 3 is 2.78 bits per heavy atom. The van der Waals surface area contributed by atoms with Gasteiger partial charge in [-0.2, -0.15) is 0 Å². The average molecular weight is 246 g/mol. The highest BCUT2D eigenvalue weighted by Crippen LogP contribution is 2.15. The first-order chi connectivity index (χ1) is 8.56. The molecule has 2 aromatic heterocycles. The van der Waals surface area contributed by atoms with Crippen molar-refractivity contribution in [3.8, 4) is 0 Å². The van der Waals surface area contributed by atoms with E-state index in [1.54, 1.807) is 13.0 Å². The molecule has 6 heteroatoms. The zero-order chi connectivity index (χ0) is 13.1. The van der Waals surface area contributed by atoms with Gasteiger partial charge in [0.2, 0.25) is 0 Å². The van der Waals surface area contributed by atoms with Crippen molar-refractivity contribution >= 4 is 17.4 Å². The van der Waals surface area contributed by atoms with Gasteiger partial charge in [0.1, 0.15) is 11.6 Å². The highest BCUT2D eigenvalue weighted by molar-refractivity contribution is 6.03. The average Bonchev–Trinajstić information content (AvgIpc) is 2.32. The van der Waals surface area contributed by atoms with Crippen LogP contribution in [0.25, 0.3) is 0 Å². The topological polar surface area (TPSA) is 80.9 Å². The van der Waals surface area contributed by atoms with Crippen LogP contribution in [0.4, 0.5) is 15.9 Å². The van der Waals surface area contributed by atoms with E-state index < -0.39 is 11.7 Å². The smallest absolute Gasteiger partial charge is 0.258 e. The maximum Gasteiger partial charge on any atom is 0.258 e. The molecule has 0 atom stereocenters. The zero-order valence-corrected chi connectivity index (χ0v) is 9.64. The maximum atomic E-state index is 12.9. The summed E-state index contributed by atoms with van der Waals surface area (Å²) in [5, 5.41) is 2.57. The van der Waals surface area contributed by atoms with Crippen LogP contribution in [0.3, 0.4) is 0 Å². The highest BCUT2D eigenvalue weighted by atomic mass is 19.1. The second-order valence-corrected chi connectivity index (χ2v) is 3.78. The van der Waals surface area contributed by atoms with E-state index in [1.165, 1.54) is 12.4 Å². The van der Waals surface area contributed by atoms with Gasteiger partial charge in [0, 0.05) is 6.20 Å². The van der Waals surface area contributed by atoms with E-state index in [4.69, 9.17) is 5.73 Å². The highest BCUT2D eigenvalue weighted by Gasteiger charge is 2.10. The van der Waals surface area contributed by atoms with Crippen molar-refractivity contribution in [2.45, 2.75) is 6.92 Å². The van der Waals surface area contributed by atoms with E-state index in [1.807, 2.05) is 0 Å². The molecule has 0 radical (unpaired) electrons. The predicted octanol–water partition coefficient (Wildman–Crippen LogP) is 1.76. The number of carbonyl (C=O) groups excluding carboxylic acids is 1. The number of aromatic nitrogens is 2. The van der Waals surface area contributed by atoms with Crippen LogP contribution in [0.15, 0.2) is 30.7 Å². The molecule has 2 rings (SSSR count). The Kier molecular flexibility index (Phi) is 3.18. The zero-order valence-electron chi connectivity index (χ0n) is 9.64. The number of carbonyl (C=O) groups is 1. The Hall–Kier alpha value is -2.50. The van der Waals surface area contributed by atoms with Gasteiger partial charge in [-0.25, -0.2) is 9.37 Å². The number of hydrogen-bond donors (Lipinski definition) is 2. The van der Waals surface area contributed by atoms with E-state index in [-0.39, 0.29) is 5.56 Å². The van der Waals surface area contributed by atoms with Gasteiger partial charge in [-0.3, -0.25) is 9.78 Å². The van der Waals surface area contributed by atoms with Gasteiger partial charge in [-0.15, -0.1) is 0 Å². The molecule has 0 aromatic carbocycles. The molecule has 2 aromatic rings. The molecule has 0 saturated heterocycles. The molecule has 0 bridgehead atoms. The van der Waals surface area contributed by atoms with Crippen molar-refractivity contribution in [3.63, 3.8) is 0 Å². The van der Waals surface area contributed by atoms with Crippen LogP contribution in [-0.4, -0.2) is 15.9 Å². The Morgan fingerprint density at radius 2 is 2.11 bits per heavy atom. The third-order valence-electron chi connectivity index (χ3n) is 2.30. The van der Waals surface area contributed by atoms with Gasteiger partial charge in [0.15, 0.2) is 0 Å². The molecule has 0 aliphatic carbocycles. The number of halogens is 1. The summed E-state index contributed by atoms with van der Waals surface area (Å²) in [6.45, 7) is 1.77. The minimum Gasteiger partial charge on any atom is -0.397 e. The van der Waals surface area contributed by atoms with Crippen LogP contribution in [0.5, 0.6) is 0 Å². The lowest BCUT2D eigenvalue weighted by atomic mass is 10.2. The number of aryl methyl sites for hydroxylation is 1. The Balaban J connectivity index is 2.21. The molecular formula is C12H11FN4O. The third kappa shape index (κ3) is 2.60. The van der Waals surface area contributed by atoms with Gasteiger partial charge >= 0.3 is 0 Å². The van der Waals surface area contributed by atoms with E-state index in [2.05, 4.69) is 15.3 Å². The molecule has 5 nitrogen and oxygen atoms in total. The number of anilines is 2. The van der Waals surface area contributed by atoms with Crippen molar-refractivity contribution in [2.75, 3.05) is 11.1 Å². The summed E-state index contributed by atoms with van der Waals surface area (Å²) < 4.78 is 12.9. The first-order valence-corrected chi connectivity index (χ1v) is 5.20. The van der Waals surface area contributed by atoms with Crippen molar-refractivity contribution in [1.82, 2.24) is 9.97 Å². The van der Waals surface area contributed by atoms with Gasteiger partial charge in [0.05, 0.1) is 23.6 Å². The monoisotopic (exact) mass is 246 g/mol. The fourth-order valence-corrected chi connectivity index (χ4v) is 1.44. The summed E-state index contributed by atoms with van der Waals surface area (Å²) >= 11 is 0. The number of nitrogens with two attached hydrogens (primary N) is 1. The van der Waals surface area contributed by atoms with E-state index >= 15 is 0 Å². The second kappa shape index (κ2) is 4.79. The van der Waals surface area contributed by atoms with Crippen molar-refractivity contribution < 1.29 is 9.18 Å². The van der Waals surface area contributed by atoms with Crippen LogP contribution >= 0.6 is 0 Å².